The van der Waals surface area contributed by atoms with Crippen molar-refractivity contribution in [2.75, 3.05) is 11.6 Å². The molecule has 0 unspecified atom stereocenters. The molecular weight excluding hydrogens is 202 g/mol. The van der Waals surface area contributed by atoms with Gasteiger partial charge in [-0.1, -0.05) is 0 Å². The van der Waals surface area contributed by atoms with Gasteiger partial charge in [-0.2, -0.15) is 0 Å². The van der Waals surface area contributed by atoms with Gasteiger partial charge in [0.2, 0.25) is 0 Å². The van der Waals surface area contributed by atoms with Crippen LogP contribution in [0, 0.1) is 0 Å². The van der Waals surface area contributed by atoms with Crippen molar-refractivity contribution < 1.29 is 0 Å². The standard InChI is InChI=1S/C8H11N3S2/c1-13-7-4-2-6(3-5-7)10-8(12)11-9/h2-5H,9H2,1H3,(H2,10,11,12). The summed E-state index contributed by atoms with van der Waals surface area (Å²) >= 11 is 6.55. The quantitative estimate of drug-likeness (QED) is 0.301. The van der Waals surface area contributed by atoms with E-state index in [0.29, 0.717) is 5.11 Å². The van der Waals surface area contributed by atoms with Crippen LogP contribution in [0.5, 0.6) is 0 Å². The number of thiocarbonyl (C=S) groups is 1. The number of nitrogens with one attached hydrogen (secondary N) is 2. The van der Waals surface area contributed by atoms with Gasteiger partial charge in [-0.15, -0.1) is 11.8 Å². The number of hydrazine groups is 1. The van der Waals surface area contributed by atoms with Crippen molar-refractivity contribution in [1.29, 1.82) is 0 Å². The number of hydrogen-bond donors (Lipinski definition) is 3. The molecule has 0 aliphatic rings. The zero-order valence-electron chi connectivity index (χ0n) is 7.20. The van der Waals surface area contributed by atoms with Gasteiger partial charge < -0.3 is 10.7 Å². The van der Waals surface area contributed by atoms with Gasteiger partial charge in [0.1, 0.15) is 0 Å². The zero-order valence-corrected chi connectivity index (χ0v) is 8.84. The molecule has 1 aromatic carbocycles. The van der Waals surface area contributed by atoms with Crippen LogP contribution in [0.1, 0.15) is 0 Å². The smallest absolute Gasteiger partial charge is 0.185 e. The summed E-state index contributed by atoms with van der Waals surface area (Å²) in [7, 11) is 0. The van der Waals surface area contributed by atoms with Crippen LogP contribution in [0.4, 0.5) is 5.69 Å². The number of benzene rings is 1. The van der Waals surface area contributed by atoms with Gasteiger partial charge in [-0.25, -0.2) is 5.84 Å². The summed E-state index contributed by atoms with van der Waals surface area (Å²) < 4.78 is 0. The normalized spacial score (nSPS) is 9.38. The van der Waals surface area contributed by atoms with Crippen LogP contribution in [0.2, 0.25) is 0 Å². The van der Waals surface area contributed by atoms with Gasteiger partial charge in [0.05, 0.1) is 0 Å². The maximum absolute atomic E-state index is 5.12. The summed E-state index contributed by atoms with van der Waals surface area (Å²) in [4.78, 5) is 1.22. The third-order valence-corrected chi connectivity index (χ3v) is 2.44. The van der Waals surface area contributed by atoms with Gasteiger partial charge in [0.25, 0.3) is 0 Å². The molecule has 0 aliphatic carbocycles. The lowest BCUT2D eigenvalue weighted by Gasteiger charge is -2.06. The van der Waals surface area contributed by atoms with E-state index in [-0.39, 0.29) is 0 Å². The van der Waals surface area contributed by atoms with Crippen LogP contribution in [-0.2, 0) is 0 Å². The number of nitrogens with two attached hydrogens (primary N) is 1. The Hall–Kier alpha value is -0.780. The Labute approximate surface area is 87.1 Å². The first-order valence-electron chi connectivity index (χ1n) is 3.68. The molecule has 70 valence electrons. The topological polar surface area (TPSA) is 50.1 Å². The molecule has 1 aromatic rings. The van der Waals surface area contributed by atoms with Crippen molar-refractivity contribution in [3.63, 3.8) is 0 Å². The predicted molar refractivity (Wildman–Crippen MR) is 61.8 cm³/mol. The Morgan fingerprint density at radius 3 is 2.46 bits per heavy atom. The van der Waals surface area contributed by atoms with E-state index in [0.717, 1.165) is 5.69 Å². The third kappa shape index (κ3) is 3.22. The lowest BCUT2D eigenvalue weighted by molar-refractivity contribution is 1.04. The third-order valence-electron chi connectivity index (χ3n) is 1.48. The lowest BCUT2D eigenvalue weighted by Crippen LogP contribution is -2.34. The van der Waals surface area contributed by atoms with Crippen molar-refractivity contribution in [3.05, 3.63) is 24.3 Å². The van der Waals surface area contributed by atoms with Crippen LogP contribution in [0.25, 0.3) is 0 Å². The van der Waals surface area contributed by atoms with Crippen molar-refractivity contribution in [1.82, 2.24) is 5.43 Å². The second-order valence-electron chi connectivity index (χ2n) is 2.33. The van der Waals surface area contributed by atoms with Crippen molar-refractivity contribution in [2.45, 2.75) is 4.90 Å². The summed E-state index contributed by atoms with van der Waals surface area (Å²) in [5, 5.41) is 3.34. The van der Waals surface area contributed by atoms with E-state index in [1.807, 2.05) is 30.5 Å². The molecule has 0 heterocycles. The predicted octanol–water partition coefficient (Wildman–Crippen LogP) is 1.57. The molecule has 0 amide bonds. The molecule has 0 spiro atoms. The van der Waals surface area contributed by atoms with E-state index in [1.165, 1.54) is 4.90 Å². The molecule has 3 nitrogen and oxygen atoms in total. The van der Waals surface area contributed by atoms with E-state index in [1.54, 1.807) is 11.8 Å². The molecular formula is C8H11N3S2. The lowest BCUT2D eigenvalue weighted by atomic mass is 10.3. The summed E-state index contributed by atoms with van der Waals surface area (Å²) in [6, 6.07) is 7.95. The van der Waals surface area contributed by atoms with Crippen molar-refractivity contribution in [2.24, 2.45) is 5.84 Å². The van der Waals surface area contributed by atoms with E-state index in [4.69, 9.17) is 18.1 Å². The minimum absolute atomic E-state index is 0.414. The van der Waals surface area contributed by atoms with Crippen LogP contribution in [0.15, 0.2) is 29.2 Å². The van der Waals surface area contributed by atoms with Crippen molar-refractivity contribution >= 4 is 34.8 Å². The van der Waals surface area contributed by atoms with Crippen LogP contribution < -0.4 is 16.6 Å². The second kappa shape index (κ2) is 5.06. The molecule has 13 heavy (non-hydrogen) atoms. The molecule has 0 aromatic heterocycles. The summed E-state index contributed by atoms with van der Waals surface area (Å²) in [5.41, 5.74) is 3.29. The van der Waals surface area contributed by atoms with E-state index in [2.05, 4.69) is 10.7 Å². The monoisotopic (exact) mass is 213 g/mol. The average Bonchev–Trinajstić information content (AvgIpc) is 2.19. The average molecular weight is 213 g/mol. The van der Waals surface area contributed by atoms with Gasteiger partial charge in [0, 0.05) is 10.6 Å². The highest BCUT2D eigenvalue weighted by Crippen LogP contribution is 2.17. The Bertz CT molecular complexity index is 284. The minimum atomic E-state index is 0.414. The van der Waals surface area contributed by atoms with Gasteiger partial charge >= 0.3 is 0 Å². The maximum atomic E-state index is 5.12. The van der Waals surface area contributed by atoms with Crippen LogP contribution in [-0.4, -0.2) is 11.4 Å². The molecule has 0 aliphatic heterocycles. The van der Waals surface area contributed by atoms with Crippen molar-refractivity contribution in [3.8, 4) is 0 Å². The Morgan fingerprint density at radius 1 is 1.38 bits per heavy atom. The molecule has 0 saturated heterocycles. The van der Waals surface area contributed by atoms with Gasteiger partial charge in [-0.05, 0) is 42.7 Å². The first-order valence-corrected chi connectivity index (χ1v) is 5.31. The summed E-state index contributed by atoms with van der Waals surface area (Å²) in [6.07, 6.45) is 2.04. The number of anilines is 1. The van der Waals surface area contributed by atoms with Gasteiger partial charge in [0.15, 0.2) is 5.11 Å². The number of hydrogen-bond acceptors (Lipinski definition) is 3. The molecule has 1 rings (SSSR count). The fourth-order valence-electron chi connectivity index (χ4n) is 0.842. The van der Waals surface area contributed by atoms with E-state index >= 15 is 0 Å². The van der Waals surface area contributed by atoms with E-state index < -0.39 is 0 Å². The fraction of sp³-hybridized carbons (Fsp3) is 0.125. The molecule has 0 fully saturated rings. The maximum Gasteiger partial charge on any atom is 0.185 e. The fourth-order valence-corrected chi connectivity index (χ4v) is 1.37. The Balaban J connectivity index is 2.64. The molecule has 4 N–H and O–H groups in total. The molecule has 0 bridgehead atoms. The number of rotatable bonds is 2. The SMILES string of the molecule is CSc1ccc(NC(=S)NN)cc1. The highest BCUT2D eigenvalue weighted by Gasteiger charge is 1.94. The second-order valence-corrected chi connectivity index (χ2v) is 3.61. The first-order chi connectivity index (χ1) is 6.26. The summed E-state index contributed by atoms with van der Waals surface area (Å²) in [5.74, 6) is 5.12. The Kier molecular flexibility index (Phi) is 4.01. The minimum Gasteiger partial charge on any atom is -0.332 e. The molecule has 0 saturated carbocycles. The molecule has 0 radical (unpaired) electrons. The van der Waals surface area contributed by atoms with E-state index in [9.17, 15) is 0 Å². The molecule has 5 heteroatoms. The first kappa shape index (κ1) is 10.3. The molecule has 0 atom stereocenters. The zero-order chi connectivity index (χ0) is 9.68. The summed E-state index contributed by atoms with van der Waals surface area (Å²) in [6.45, 7) is 0. The Morgan fingerprint density at radius 2 is 2.00 bits per heavy atom. The number of thioether (sulfide) groups is 1. The van der Waals surface area contributed by atoms with Crippen LogP contribution in [0.3, 0.4) is 0 Å². The highest BCUT2D eigenvalue weighted by atomic mass is 32.2. The van der Waals surface area contributed by atoms with Gasteiger partial charge in [-0.3, -0.25) is 0 Å². The van der Waals surface area contributed by atoms with Crippen LogP contribution >= 0.6 is 24.0 Å². The largest absolute Gasteiger partial charge is 0.332 e. The highest BCUT2D eigenvalue weighted by molar-refractivity contribution is 7.98.